The summed E-state index contributed by atoms with van der Waals surface area (Å²) < 4.78 is 0. The van der Waals surface area contributed by atoms with Crippen LogP contribution in [0.5, 0.6) is 0 Å². The van der Waals surface area contributed by atoms with Gasteiger partial charge in [0.15, 0.2) is 0 Å². The lowest BCUT2D eigenvalue weighted by atomic mass is 9.85. The van der Waals surface area contributed by atoms with Gasteiger partial charge in [0, 0.05) is 17.8 Å². The highest BCUT2D eigenvalue weighted by atomic mass is 16.6. The number of amides is 2. The number of aliphatic hydroxyl groups is 1. The smallest absolute Gasteiger partial charge is 0.269 e. The fourth-order valence-corrected chi connectivity index (χ4v) is 5.85. The molecule has 0 radical (unpaired) electrons. The van der Waals surface area contributed by atoms with Crippen molar-refractivity contribution in [2.75, 3.05) is 10.3 Å². The van der Waals surface area contributed by atoms with Gasteiger partial charge < -0.3 is 10.5 Å². The number of anilines is 2. The largest absolute Gasteiger partial charge is 0.391 e. The molecule has 0 saturated carbocycles. The zero-order chi connectivity index (χ0) is 27.8. The molecule has 0 spiro atoms. The van der Waals surface area contributed by atoms with Gasteiger partial charge in [-0.2, -0.15) is 0 Å². The standard InChI is InChI=1S/C30H40N4O5/c1-2-3-4-5-6-7-8-12-15-27(35)26-21-20-25-28(30(37)32(29(25)36)23-13-10-9-11-14-23)33(26)31-22-16-18-24(19-17-22)34(38)39/h9-11,13-14,16-19,25-28,31,35H,2-8,12,15,20-21H2,1H3/t25-,26?,27-,28+/m1/s1. The molecular formula is C30H40N4O5. The maximum absolute atomic E-state index is 13.7. The number of imide groups is 1. The molecule has 2 heterocycles. The molecule has 210 valence electrons. The number of piperidine rings is 1. The first-order chi connectivity index (χ1) is 18.9. The van der Waals surface area contributed by atoms with Gasteiger partial charge in [0.2, 0.25) is 5.91 Å². The van der Waals surface area contributed by atoms with Gasteiger partial charge in [-0.3, -0.25) is 19.7 Å². The fraction of sp³-hybridized carbons (Fsp3) is 0.533. The van der Waals surface area contributed by atoms with E-state index in [1.54, 1.807) is 41.4 Å². The number of aliphatic hydroxyl groups excluding tert-OH is 1. The van der Waals surface area contributed by atoms with Crippen LogP contribution in [0.25, 0.3) is 0 Å². The van der Waals surface area contributed by atoms with Gasteiger partial charge in [0.1, 0.15) is 6.04 Å². The van der Waals surface area contributed by atoms with Gasteiger partial charge in [0.05, 0.1) is 28.7 Å². The maximum atomic E-state index is 13.7. The minimum absolute atomic E-state index is 0.0364. The second kappa shape index (κ2) is 13.7. The third kappa shape index (κ3) is 6.83. The van der Waals surface area contributed by atoms with Crippen molar-refractivity contribution in [1.82, 2.24) is 5.01 Å². The van der Waals surface area contributed by atoms with Crippen molar-refractivity contribution in [3.63, 3.8) is 0 Å². The maximum Gasteiger partial charge on any atom is 0.269 e. The molecule has 2 aliphatic heterocycles. The topological polar surface area (TPSA) is 116 Å². The van der Waals surface area contributed by atoms with Gasteiger partial charge >= 0.3 is 0 Å². The van der Waals surface area contributed by atoms with Crippen molar-refractivity contribution in [2.45, 2.75) is 95.7 Å². The van der Waals surface area contributed by atoms with E-state index in [0.29, 0.717) is 30.6 Å². The van der Waals surface area contributed by atoms with Crippen LogP contribution in [-0.2, 0) is 9.59 Å². The molecule has 1 unspecified atom stereocenters. The first-order valence-corrected chi connectivity index (χ1v) is 14.3. The first kappa shape index (κ1) is 28.7. The van der Waals surface area contributed by atoms with E-state index in [2.05, 4.69) is 12.3 Å². The summed E-state index contributed by atoms with van der Waals surface area (Å²) in [6, 6.07) is 13.7. The molecule has 2 fully saturated rings. The van der Waals surface area contributed by atoms with Crippen LogP contribution < -0.4 is 10.3 Å². The summed E-state index contributed by atoms with van der Waals surface area (Å²) in [5.41, 5.74) is 4.31. The Bertz CT molecular complexity index is 1110. The molecule has 0 bridgehead atoms. The third-order valence-electron chi connectivity index (χ3n) is 7.97. The Morgan fingerprint density at radius 2 is 1.56 bits per heavy atom. The van der Waals surface area contributed by atoms with Crippen LogP contribution in [0.1, 0.15) is 77.6 Å². The number of carbonyl (C=O) groups is 2. The number of fused-ring (bicyclic) bond motifs is 1. The second-order valence-electron chi connectivity index (χ2n) is 10.7. The molecule has 39 heavy (non-hydrogen) atoms. The van der Waals surface area contributed by atoms with Crippen LogP contribution >= 0.6 is 0 Å². The number of unbranched alkanes of at least 4 members (excludes halogenated alkanes) is 7. The number of nitrogens with one attached hydrogen (secondary N) is 1. The second-order valence-corrected chi connectivity index (χ2v) is 10.7. The Kier molecular flexibility index (Phi) is 10.1. The zero-order valence-corrected chi connectivity index (χ0v) is 22.7. The van der Waals surface area contributed by atoms with Crippen molar-refractivity contribution in [1.29, 1.82) is 0 Å². The van der Waals surface area contributed by atoms with E-state index in [1.165, 1.54) is 49.1 Å². The van der Waals surface area contributed by atoms with E-state index in [9.17, 15) is 24.8 Å². The number of para-hydroxylation sites is 1. The predicted molar refractivity (Wildman–Crippen MR) is 151 cm³/mol. The molecule has 2 N–H and O–H groups in total. The van der Waals surface area contributed by atoms with E-state index in [-0.39, 0.29) is 23.5 Å². The van der Waals surface area contributed by atoms with Crippen LogP contribution in [0.15, 0.2) is 54.6 Å². The predicted octanol–water partition coefficient (Wildman–Crippen LogP) is 5.84. The number of nitro groups is 1. The fourth-order valence-electron chi connectivity index (χ4n) is 5.85. The number of nitrogens with zero attached hydrogens (tertiary/aromatic N) is 3. The molecule has 2 saturated heterocycles. The summed E-state index contributed by atoms with van der Waals surface area (Å²) in [7, 11) is 0. The highest BCUT2D eigenvalue weighted by Crippen LogP contribution is 2.39. The lowest BCUT2D eigenvalue weighted by Crippen LogP contribution is -2.59. The summed E-state index contributed by atoms with van der Waals surface area (Å²) in [6.45, 7) is 2.21. The van der Waals surface area contributed by atoms with Crippen LogP contribution in [0.3, 0.4) is 0 Å². The summed E-state index contributed by atoms with van der Waals surface area (Å²) in [6.07, 6.45) is 10.4. The van der Waals surface area contributed by atoms with Crippen LogP contribution in [0.2, 0.25) is 0 Å². The average molecular weight is 537 g/mol. The molecule has 0 aliphatic carbocycles. The number of rotatable bonds is 14. The van der Waals surface area contributed by atoms with Crippen molar-refractivity contribution in [2.24, 2.45) is 5.92 Å². The molecular weight excluding hydrogens is 496 g/mol. The van der Waals surface area contributed by atoms with Gasteiger partial charge in [0.25, 0.3) is 11.6 Å². The van der Waals surface area contributed by atoms with Crippen LogP contribution in [0, 0.1) is 16.0 Å². The molecule has 2 aromatic rings. The molecule has 9 heteroatoms. The third-order valence-corrected chi connectivity index (χ3v) is 7.97. The summed E-state index contributed by atoms with van der Waals surface area (Å²) in [5.74, 6) is -1.09. The molecule has 2 aromatic carbocycles. The Balaban J connectivity index is 1.49. The lowest BCUT2D eigenvalue weighted by Gasteiger charge is -2.43. The van der Waals surface area contributed by atoms with E-state index in [4.69, 9.17) is 0 Å². The SMILES string of the molecule is CCCCCCCCCC[C@@H](O)C1CC[C@H]2C(=O)N(c3ccccc3)C(=O)[C@H]2N1Nc1ccc([N+](=O)[O-])cc1. The Labute approximate surface area is 230 Å². The van der Waals surface area contributed by atoms with Crippen molar-refractivity contribution >= 4 is 28.9 Å². The molecule has 9 nitrogen and oxygen atoms in total. The monoisotopic (exact) mass is 536 g/mol. The Morgan fingerprint density at radius 1 is 0.923 bits per heavy atom. The van der Waals surface area contributed by atoms with Gasteiger partial charge in [-0.05, 0) is 43.5 Å². The van der Waals surface area contributed by atoms with Crippen molar-refractivity contribution in [3.8, 4) is 0 Å². The van der Waals surface area contributed by atoms with Crippen molar-refractivity contribution in [3.05, 3.63) is 64.7 Å². The average Bonchev–Trinajstić information content (AvgIpc) is 3.20. The normalized spacial score (nSPS) is 22.1. The number of nitro benzene ring substituents is 1. The van der Waals surface area contributed by atoms with E-state index in [1.807, 2.05) is 6.07 Å². The molecule has 2 amide bonds. The van der Waals surface area contributed by atoms with Gasteiger partial charge in [-0.25, -0.2) is 9.91 Å². The number of hydrazine groups is 1. The number of hydrogen-bond acceptors (Lipinski definition) is 7. The lowest BCUT2D eigenvalue weighted by molar-refractivity contribution is -0.384. The summed E-state index contributed by atoms with van der Waals surface area (Å²) in [4.78, 5) is 39.0. The minimum atomic E-state index is -0.778. The minimum Gasteiger partial charge on any atom is -0.391 e. The number of benzene rings is 2. The summed E-state index contributed by atoms with van der Waals surface area (Å²) in [5, 5.41) is 24.1. The number of non-ortho nitro benzene ring substituents is 1. The van der Waals surface area contributed by atoms with E-state index < -0.39 is 23.0 Å². The molecule has 4 atom stereocenters. The number of carbonyl (C=O) groups excluding carboxylic acids is 2. The van der Waals surface area contributed by atoms with Crippen LogP contribution in [-0.4, -0.2) is 45.0 Å². The van der Waals surface area contributed by atoms with E-state index in [0.717, 1.165) is 19.3 Å². The summed E-state index contributed by atoms with van der Waals surface area (Å²) >= 11 is 0. The highest BCUT2D eigenvalue weighted by Gasteiger charge is 2.55. The van der Waals surface area contributed by atoms with Gasteiger partial charge in [-0.15, -0.1) is 0 Å². The number of hydrogen-bond donors (Lipinski definition) is 2. The quantitative estimate of drug-likeness (QED) is 0.135. The molecule has 4 rings (SSSR count). The molecule has 2 aliphatic rings. The van der Waals surface area contributed by atoms with E-state index >= 15 is 0 Å². The Morgan fingerprint density at radius 3 is 2.21 bits per heavy atom. The first-order valence-electron chi connectivity index (χ1n) is 14.3. The zero-order valence-electron chi connectivity index (χ0n) is 22.7. The van der Waals surface area contributed by atoms with Crippen LogP contribution in [0.4, 0.5) is 17.1 Å². The van der Waals surface area contributed by atoms with Gasteiger partial charge in [-0.1, -0.05) is 76.5 Å². The molecule has 0 aromatic heterocycles. The van der Waals surface area contributed by atoms with Crippen molar-refractivity contribution < 1.29 is 19.6 Å². The highest BCUT2D eigenvalue weighted by molar-refractivity contribution is 6.23. The Hall–Kier alpha value is -3.30.